The Morgan fingerprint density at radius 1 is 1.29 bits per heavy atom. The quantitative estimate of drug-likeness (QED) is 0.622. The van der Waals surface area contributed by atoms with Crippen LogP contribution in [0.15, 0.2) is 0 Å². The molecule has 98 valence electrons. The molecular formula is C11H21N3O3. The summed E-state index contributed by atoms with van der Waals surface area (Å²) in [6, 6.07) is 0. The van der Waals surface area contributed by atoms with E-state index in [1.807, 2.05) is 4.90 Å². The average Bonchev–Trinajstić information content (AvgIpc) is 2.30. The van der Waals surface area contributed by atoms with E-state index in [2.05, 4.69) is 5.32 Å². The SMILES string of the molecule is CCOC(=O)CN(C)CC(=O)N1CCNCC1. The number of nitrogens with zero attached hydrogens (tertiary/aromatic N) is 2. The zero-order valence-corrected chi connectivity index (χ0v) is 10.6. The molecule has 1 rings (SSSR count). The number of carbonyl (C=O) groups excluding carboxylic acids is 2. The molecule has 1 aliphatic rings. The van der Waals surface area contributed by atoms with Gasteiger partial charge >= 0.3 is 5.97 Å². The molecule has 0 unspecified atom stereocenters. The number of piperazine rings is 1. The first-order valence-electron chi connectivity index (χ1n) is 5.96. The third kappa shape index (κ3) is 5.14. The smallest absolute Gasteiger partial charge is 0.320 e. The second kappa shape index (κ2) is 7.24. The molecule has 0 aromatic heterocycles. The van der Waals surface area contributed by atoms with E-state index < -0.39 is 0 Å². The molecule has 1 aliphatic heterocycles. The van der Waals surface area contributed by atoms with Crippen LogP contribution in [-0.4, -0.2) is 74.6 Å². The van der Waals surface area contributed by atoms with Crippen molar-refractivity contribution in [2.45, 2.75) is 6.92 Å². The minimum absolute atomic E-state index is 0.0679. The Balaban J connectivity index is 2.26. The Bertz CT molecular complexity index is 265. The topological polar surface area (TPSA) is 61.9 Å². The number of likely N-dealkylation sites (N-methyl/N-ethyl adjacent to an activating group) is 1. The molecule has 1 N–H and O–H groups in total. The molecule has 17 heavy (non-hydrogen) atoms. The van der Waals surface area contributed by atoms with Crippen molar-refractivity contribution in [3.05, 3.63) is 0 Å². The van der Waals surface area contributed by atoms with E-state index >= 15 is 0 Å². The molecule has 0 atom stereocenters. The van der Waals surface area contributed by atoms with Gasteiger partial charge in [0.1, 0.15) is 0 Å². The van der Waals surface area contributed by atoms with Crippen LogP contribution >= 0.6 is 0 Å². The first-order valence-corrected chi connectivity index (χ1v) is 5.96. The molecule has 0 aromatic carbocycles. The first kappa shape index (κ1) is 13.9. The second-order valence-electron chi connectivity index (χ2n) is 4.11. The highest BCUT2D eigenvalue weighted by Gasteiger charge is 2.18. The monoisotopic (exact) mass is 243 g/mol. The van der Waals surface area contributed by atoms with Gasteiger partial charge in [0, 0.05) is 26.2 Å². The number of rotatable bonds is 5. The lowest BCUT2D eigenvalue weighted by molar-refractivity contribution is -0.144. The van der Waals surface area contributed by atoms with Crippen LogP contribution in [0, 0.1) is 0 Å². The van der Waals surface area contributed by atoms with Crippen molar-refractivity contribution in [1.82, 2.24) is 15.1 Å². The van der Waals surface area contributed by atoms with Crippen molar-refractivity contribution in [2.75, 3.05) is 52.9 Å². The normalized spacial score (nSPS) is 16.1. The number of nitrogens with one attached hydrogen (secondary N) is 1. The zero-order chi connectivity index (χ0) is 12.7. The van der Waals surface area contributed by atoms with E-state index in [0.717, 1.165) is 26.2 Å². The van der Waals surface area contributed by atoms with Crippen molar-refractivity contribution >= 4 is 11.9 Å². The molecule has 1 saturated heterocycles. The van der Waals surface area contributed by atoms with E-state index in [0.29, 0.717) is 6.61 Å². The van der Waals surface area contributed by atoms with Gasteiger partial charge in [0.25, 0.3) is 0 Å². The van der Waals surface area contributed by atoms with Crippen LogP contribution in [-0.2, 0) is 14.3 Å². The molecule has 0 aliphatic carbocycles. The molecule has 6 heteroatoms. The van der Waals surface area contributed by atoms with Crippen LogP contribution in [0.2, 0.25) is 0 Å². The van der Waals surface area contributed by atoms with Gasteiger partial charge in [-0.15, -0.1) is 0 Å². The summed E-state index contributed by atoms with van der Waals surface area (Å²) < 4.78 is 4.82. The largest absolute Gasteiger partial charge is 0.465 e. The van der Waals surface area contributed by atoms with Gasteiger partial charge in [-0.3, -0.25) is 14.5 Å². The Morgan fingerprint density at radius 2 is 1.94 bits per heavy atom. The molecule has 1 heterocycles. The lowest BCUT2D eigenvalue weighted by Gasteiger charge is -2.29. The number of amides is 1. The minimum Gasteiger partial charge on any atom is -0.465 e. The summed E-state index contributed by atoms with van der Waals surface area (Å²) in [6.45, 7) is 5.73. The van der Waals surface area contributed by atoms with Gasteiger partial charge < -0.3 is 15.0 Å². The summed E-state index contributed by atoms with van der Waals surface area (Å²) in [5.41, 5.74) is 0. The van der Waals surface area contributed by atoms with Gasteiger partial charge in [-0.25, -0.2) is 0 Å². The molecule has 1 fully saturated rings. The summed E-state index contributed by atoms with van der Waals surface area (Å²) in [6.07, 6.45) is 0. The van der Waals surface area contributed by atoms with Crippen LogP contribution < -0.4 is 5.32 Å². The summed E-state index contributed by atoms with van der Waals surface area (Å²) in [4.78, 5) is 26.6. The summed E-state index contributed by atoms with van der Waals surface area (Å²) in [5, 5.41) is 3.19. The molecule has 0 aromatic rings. The fraction of sp³-hybridized carbons (Fsp3) is 0.818. The maximum absolute atomic E-state index is 11.9. The van der Waals surface area contributed by atoms with Gasteiger partial charge in [-0.2, -0.15) is 0 Å². The highest BCUT2D eigenvalue weighted by molar-refractivity contribution is 5.79. The molecule has 0 spiro atoms. The van der Waals surface area contributed by atoms with Gasteiger partial charge in [0.2, 0.25) is 5.91 Å². The summed E-state index contributed by atoms with van der Waals surface area (Å²) >= 11 is 0. The van der Waals surface area contributed by atoms with Crippen molar-refractivity contribution < 1.29 is 14.3 Å². The van der Waals surface area contributed by atoms with E-state index in [1.165, 1.54) is 0 Å². The van der Waals surface area contributed by atoms with Gasteiger partial charge in [-0.05, 0) is 14.0 Å². The fourth-order valence-electron chi connectivity index (χ4n) is 1.73. The molecule has 1 amide bonds. The van der Waals surface area contributed by atoms with Gasteiger partial charge in [-0.1, -0.05) is 0 Å². The van der Waals surface area contributed by atoms with Gasteiger partial charge in [0.15, 0.2) is 0 Å². The highest BCUT2D eigenvalue weighted by atomic mass is 16.5. The molecule has 0 saturated carbocycles. The molecule has 0 bridgehead atoms. The van der Waals surface area contributed by atoms with Crippen LogP contribution in [0.3, 0.4) is 0 Å². The summed E-state index contributed by atoms with van der Waals surface area (Å²) in [5.74, 6) is -0.221. The van der Waals surface area contributed by atoms with Crippen LogP contribution in [0.5, 0.6) is 0 Å². The Morgan fingerprint density at radius 3 is 2.53 bits per heavy atom. The second-order valence-corrected chi connectivity index (χ2v) is 4.11. The summed E-state index contributed by atoms with van der Waals surface area (Å²) in [7, 11) is 1.75. The predicted molar refractivity (Wildman–Crippen MR) is 63.6 cm³/mol. The fourth-order valence-corrected chi connectivity index (χ4v) is 1.73. The van der Waals surface area contributed by atoms with E-state index in [1.54, 1.807) is 18.9 Å². The number of carbonyl (C=O) groups is 2. The average molecular weight is 243 g/mol. The maximum Gasteiger partial charge on any atom is 0.320 e. The van der Waals surface area contributed by atoms with Crippen molar-refractivity contribution in [3.8, 4) is 0 Å². The third-order valence-electron chi connectivity index (χ3n) is 2.58. The highest BCUT2D eigenvalue weighted by Crippen LogP contribution is 1.95. The maximum atomic E-state index is 11.9. The molecule has 0 radical (unpaired) electrons. The zero-order valence-electron chi connectivity index (χ0n) is 10.6. The van der Waals surface area contributed by atoms with E-state index in [9.17, 15) is 9.59 Å². The number of hydrogen-bond donors (Lipinski definition) is 1. The van der Waals surface area contributed by atoms with E-state index in [-0.39, 0.29) is 25.0 Å². The molecular weight excluding hydrogens is 222 g/mol. The molecule has 6 nitrogen and oxygen atoms in total. The third-order valence-corrected chi connectivity index (χ3v) is 2.58. The van der Waals surface area contributed by atoms with Crippen molar-refractivity contribution in [1.29, 1.82) is 0 Å². The number of hydrogen-bond acceptors (Lipinski definition) is 5. The Hall–Kier alpha value is -1.14. The van der Waals surface area contributed by atoms with Crippen molar-refractivity contribution in [2.24, 2.45) is 0 Å². The standard InChI is InChI=1S/C11H21N3O3/c1-3-17-11(16)9-13(2)8-10(15)14-6-4-12-5-7-14/h12H,3-9H2,1-2H3. The van der Waals surface area contributed by atoms with Crippen molar-refractivity contribution in [3.63, 3.8) is 0 Å². The van der Waals surface area contributed by atoms with Gasteiger partial charge in [0.05, 0.1) is 19.7 Å². The van der Waals surface area contributed by atoms with Crippen LogP contribution in [0.4, 0.5) is 0 Å². The predicted octanol–water partition coefficient (Wildman–Crippen LogP) is -1.09. The number of ether oxygens (including phenoxy) is 1. The minimum atomic E-state index is -0.289. The van der Waals surface area contributed by atoms with Crippen LogP contribution in [0.1, 0.15) is 6.92 Å². The van der Waals surface area contributed by atoms with Crippen LogP contribution in [0.25, 0.3) is 0 Å². The lowest BCUT2D eigenvalue weighted by Crippen LogP contribution is -2.49. The van der Waals surface area contributed by atoms with E-state index in [4.69, 9.17) is 4.74 Å². The first-order chi connectivity index (χ1) is 8.13. The Labute approximate surface area is 102 Å². The lowest BCUT2D eigenvalue weighted by atomic mass is 10.3. The number of esters is 1. The Kier molecular flexibility index (Phi) is 5.93.